The number of hydrogen-bond donors (Lipinski definition) is 3. The zero-order valence-electron chi connectivity index (χ0n) is 7.39. The van der Waals surface area contributed by atoms with Gasteiger partial charge in [0.05, 0.1) is 12.0 Å². The molecule has 1 rings (SSSR count). The van der Waals surface area contributed by atoms with Crippen LogP contribution in [-0.4, -0.2) is 36.8 Å². The Bertz CT molecular complexity index is 164. The van der Waals surface area contributed by atoms with Crippen molar-refractivity contribution in [2.75, 3.05) is 20.1 Å². The lowest BCUT2D eigenvalue weighted by Gasteiger charge is -2.31. The first-order valence-corrected chi connectivity index (χ1v) is 4.30. The molecule has 4 heteroatoms. The Morgan fingerprint density at radius 2 is 2.50 bits per heavy atom. The van der Waals surface area contributed by atoms with E-state index < -0.39 is 5.60 Å². The van der Waals surface area contributed by atoms with Gasteiger partial charge >= 0.3 is 0 Å². The van der Waals surface area contributed by atoms with E-state index >= 15 is 0 Å². The van der Waals surface area contributed by atoms with Gasteiger partial charge in [0.2, 0.25) is 5.91 Å². The van der Waals surface area contributed by atoms with E-state index in [1.165, 1.54) is 0 Å². The van der Waals surface area contributed by atoms with Crippen molar-refractivity contribution in [1.29, 1.82) is 0 Å². The number of amides is 1. The van der Waals surface area contributed by atoms with E-state index in [1.807, 2.05) is 0 Å². The third-order valence-electron chi connectivity index (χ3n) is 2.22. The summed E-state index contributed by atoms with van der Waals surface area (Å²) >= 11 is 0. The highest BCUT2D eigenvalue weighted by atomic mass is 16.3. The first-order chi connectivity index (χ1) is 5.66. The Labute approximate surface area is 72.3 Å². The third kappa shape index (κ3) is 2.46. The van der Waals surface area contributed by atoms with Crippen molar-refractivity contribution >= 4 is 5.91 Å². The minimum atomic E-state index is -0.821. The minimum Gasteiger partial charge on any atom is -0.388 e. The molecule has 0 aromatic rings. The monoisotopic (exact) mass is 172 g/mol. The van der Waals surface area contributed by atoms with Gasteiger partial charge in [0.1, 0.15) is 0 Å². The average Bonchev–Trinajstić information content (AvgIpc) is 2.05. The Morgan fingerprint density at radius 3 is 3.00 bits per heavy atom. The maximum absolute atomic E-state index is 11.0. The van der Waals surface area contributed by atoms with Gasteiger partial charge in [0, 0.05) is 13.6 Å². The van der Waals surface area contributed by atoms with Crippen LogP contribution < -0.4 is 10.6 Å². The Hall–Kier alpha value is -0.610. The molecule has 12 heavy (non-hydrogen) atoms. The van der Waals surface area contributed by atoms with E-state index in [0.29, 0.717) is 13.0 Å². The van der Waals surface area contributed by atoms with E-state index in [1.54, 1.807) is 7.05 Å². The fourth-order valence-corrected chi connectivity index (χ4v) is 1.49. The highest BCUT2D eigenvalue weighted by Crippen LogP contribution is 2.19. The number of rotatable bonds is 2. The van der Waals surface area contributed by atoms with Gasteiger partial charge in [-0.2, -0.15) is 0 Å². The largest absolute Gasteiger partial charge is 0.388 e. The number of β-amino-alcohol motifs (C(OH)–C–C–N with tert-alkyl or cyclic N) is 1. The van der Waals surface area contributed by atoms with E-state index in [4.69, 9.17) is 0 Å². The van der Waals surface area contributed by atoms with Gasteiger partial charge in [-0.15, -0.1) is 0 Å². The molecule has 0 unspecified atom stereocenters. The fraction of sp³-hybridized carbons (Fsp3) is 0.875. The fourth-order valence-electron chi connectivity index (χ4n) is 1.49. The zero-order chi connectivity index (χ0) is 9.03. The molecule has 1 atom stereocenters. The highest BCUT2D eigenvalue weighted by molar-refractivity contribution is 5.76. The van der Waals surface area contributed by atoms with Crippen LogP contribution in [0.3, 0.4) is 0 Å². The van der Waals surface area contributed by atoms with E-state index in [9.17, 15) is 9.90 Å². The molecule has 1 saturated heterocycles. The number of carbonyl (C=O) groups excluding carboxylic acids is 1. The number of carbonyl (C=O) groups is 1. The van der Waals surface area contributed by atoms with Crippen molar-refractivity contribution in [2.45, 2.75) is 24.9 Å². The molecule has 0 saturated carbocycles. The van der Waals surface area contributed by atoms with Gasteiger partial charge in [-0.3, -0.25) is 4.79 Å². The van der Waals surface area contributed by atoms with Crippen LogP contribution in [0.15, 0.2) is 0 Å². The molecule has 0 aromatic carbocycles. The van der Waals surface area contributed by atoms with Crippen LogP contribution in [0.25, 0.3) is 0 Å². The topological polar surface area (TPSA) is 61.4 Å². The SMILES string of the molecule is CNC(=O)C[C@]1(O)CCCNC1. The van der Waals surface area contributed by atoms with Crippen LogP contribution >= 0.6 is 0 Å². The predicted octanol–water partition coefficient (Wildman–Crippen LogP) is -0.763. The second-order valence-electron chi connectivity index (χ2n) is 3.35. The third-order valence-corrected chi connectivity index (χ3v) is 2.22. The maximum Gasteiger partial charge on any atom is 0.222 e. The van der Waals surface area contributed by atoms with Gasteiger partial charge < -0.3 is 15.7 Å². The Morgan fingerprint density at radius 1 is 1.75 bits per heavy atom. The van der Waals surface area contributed by atoms with Gasteiger partial charge in [-0.1, -0.05) is 0 Å². The number of hydrogen-bond acceptors (Lipinski definition) is 3. The van der Waals surface area contributed by atoms with Crippen LogP contribution in [0.2, 0.25) is 0 Å². The number of nitrogens with one attached hydrogen (secondary N) is 2. The summed E-state index contributed by atoms with van der Waals surface area (Å²) < 4.78 is 0. The minimum absolute atomic E-state index is 0.0961. The first-order valence-electron chi connectivity index (χ1n) is 4.30. The summed E-state index contributed by atoms with van der Waals surface area (Å²) in [7, 11) is 1.59. The molecule has 1 fully saturated rings. The van der Waals surface area contributed by atoms with E-state index in [2.05, 4.69) is 10.6 Å². The molecule has 0 radical (unpaired) electrons. The standard InChI is InChI=1S/C8H16N2O2/c1-9-7(11)5-8(12)3-2-4-10-6-8/h10,12H,2-6H2,1H3,(H,9,11)/t8-/m1/s1. The summed E-state index contributed by atoms with van der Waals surface area (Å²) in [5.41, 5.74) is -0.821. The number of aliphatic hydroxyl groups is 1. The van der Waals surface area contributed by atoms with Crippen molar-refractivity contribution in [3.05, 3.63) is 0 Å². The first kappa shape index (κ1) is 9.48. The molecule has 4 nitrogen and oxygen atoms in total. The van der Waals surface area contributed by atoms with Gasteiger partial charge in [0.25, 0.3) is 0 Å². The quantitative estimate of drug-likeness (QED) is 0.513. The molecule has 0 spiro atoms. The molecule has 1 aliphatic heterocycles. The zero-order valence-corrected chi connectivity index (χ0v) is 7.39. The number of piperidine rings is 1. The van der Waals surface area contributed by atoms with Crippen molar-refractivity contribution in [2.24, 2.45) is 0 Å². The summed E-state index contributed by atoms with van der Waals surface area (Å²) in [6.45, 7) is 1.47. The molecule has 1 heterocycles. The lowest BCUT2D eigenvalue weighted by atomic mass is 9.90. The molecule has 1 aliphatic rings. The van der Waals surface area contributed by atoms with Crippen LogP contribution in [0.4, 0.5) is 0 Å². The smallest absolute Gasteiger partial charge is 0.222 e. The molecule has 0 aromatic heterocycles. The van der Waals surface area contributed by atoms with Crippen LogP contribution in [0.5, 0.6) is 0 Å². The van der Waals surface area contributed by atoms with E-state index in [-0.39, 0.29) is 12.3 Å². The Kier molecular flexibility index (Phi) is 3.05. The highest BCUT2D eigenvalue weighted by Gasteiger charge is 2.31. The van der Waals surface area contributed by atoms with Crippen LogP contribution in [-0.2, 0) is 4.79 Å². The lowest BCUT2D eigenvalue weighted by Crippen LogP contribution is -2.48. The van der Waals surface area contributed by atoms with Crippen molar-refractivity contribution < 1.29 is 9.90 Å². The molecule has 0 aliphatic carbocycles. The second-order valence-corrected chi connectivity index (χ2v) is 3.35. The van der Waals surface area contributed by atoms with E-state index in [0.717, 1.165) is 13.0 Å². The summed E-state index contributed by atoms with van der Waals surface area (Å²) in [6.07, 6.45) is 1.86. The van der Waals surface area contributed by atoms with Crippen LogP contribution in [0.1, 0.15) is 19.3 Å². The summed E-state index contributed by atoms with van der Waals surface area (Å²) in [5, 5.41) is 15.4. The van der Waals surface area contributed by atoms with Crippen molar-refractivity contribution in [3.63, 3.8) is 0 Å². The normalized spacial score (nSPS) is 29.8. The second kappa shape index (κ2) is 3.87. The predicted molar refractivity (Wildman–Crippen MR) is 45.7 cm³/mol. The lowest BCUT2D eigenvalue weighted by molar-refractivity contribution is -0.126. The molecule has 1 amide bonds. The molecule has 70 valence electrons. The average molecular weight is 172 g/mol. The molecular formula is C8H16N2O2. The maximum atomic E-state index is 11.0. The summed E-state index contributed by atoms with van der Waals surface area (Å²) in [6, 6.07) is 0. The van der Waals surface area contributed by atoms with Crippen LogP contribution in [0, 0.1) is 0 Å². The summed E-state index contributed by atoms with van der Waals surface area (Å²) in [4.78, 5) is 11.0. The van der Waals surface area contributed by atoms with Gasteiger partial charge in [-0.25, -0.2) is 0 Å². The molecule has 0 bridgehead atoms. The van der Waals surface area contributed by atoms with Crippen molar-refractivity contribution in [3.8, 4) is 0 Å². The molecule has 3 N–H and O–H groups in total. The van der Waals surface area contributed by atoms with Gasteiger partial charge in [0.15, 0.2) is 0 Å². The van der Waals surface area contributed by atoms with Crippen molar-refractivity contribution in [1.82, 2.24) is 10.6 Å². The Balaban J connectivity index is 2.41. The molecular weight excluding hydrogens is 156 g/mol. The van der Waals surface area contributed by atoms with Gasteiger partial charge in [-0.05, 0) is 19.4 Å². The summed E-state index contributed by atoms with van der Waals surface area (Å²) in [5.74, 6) is -0.0961.